The largest absolute Gasteiger partial charge is 0.490 e. The van der Waals surface area contributed by atoms with E-state index in [0.29, 0.717) is 24.7 Å². The Bertz CT molecular complexity index is 941. The van der Waals surface area contributed by atoms with Crippen LogP contribution in [0.15, 0.2) is 34.2 Å². The van der Waals surface area contributed by atoms with Crippen molar-refractivity contribution in [3.8, 4) is 5.75 Å². The normalized spacial score (nSPS) is 25.7. The van der Waals surface area contributed by atoms with Gasteiger partial charge >= 0.3 is 0 Å². The Morgan fingerprint density at radius 2 is 2.11 bits per heavy atom. The van der Waals surface area contributed by atoms with Crippen LogP contribution < -0.4 is 15.8 Å². The van der Waals surface area contributed by atoms with Gasteiger partial charge in [-0.2, -0.15) is 0 Å². The van der Waals surface area contributed by atoms with Crippen LogP contribution in [0.5, 0.6) is 5.75 Å². The van der Waals surface area contributed by atoms with Gasteiger partial charge in [0, 0.05) is 17.6 Å². The molecule has 2 aliphatic rings. The molecule has 2 unspecified atom stereocenters. The number of nitrogens with zero attached hydrogens (tertiary/aromatic N) is 2. The van der Waals surface area contributed by atoms with Gasteiger partial charge in [-0.15, -0.1) is 11.8 Å². The molecule has 1 aromatic carbocycles. The van der Waals surface area contributed by atoms with Crippen LogP contribution in [-0.2, 0) is 0 Å². The number of rotatable bonds is 5. The van der Waals surface area contributed by atoms with E-state index in [-0.39, 0.29) is 11.4 Å². The molecule has 4 atom stereocenters. The number of aliphatic hydroxyl groups is 3. The minimum Gasteiger partial charge on any atom is -0.490 e. The maximum absolute atomic E-state index is 10.4. The third-order valence-corrected chi connectivity index (χ3v) is 7.48. The highest BCUT2D eigenvalue weighted by Crippen LogP contribution is 2.48. The van der Waals surface area contributed by atoms with Crippen LogP contribution in [0.1, 0.15) is 5.37 Å². The molecular weight excluding hydrogens is 420 g/mol. The zero-order valence-corrected chi connectivity index (χ0v) is 17.1. The first-order valence-electron chi connectivity index (χ1n) is 8.70. The van der Waals surface area contributed by atoms with Crippen molar-refractivity contribution >= 4 is 47.2 Å². The number of fused-ring (bicyclic) bond motifs is 2. The maximum Gasteiger partial charge on any atom is 0.202 e. The van der Waals surface area contributed by atoms with Gasteiger partial charge in [0.05, 0.1) is 28.5 Å². The molecule has 150 valence electrons. The molecule has 28 heavy (non-hydrogen) atoms. The lowest BCUT2D eigenvalue weighted by Gasteiger charge is -2.25. The Kier molecular flexibility index (Phi) is 5.83. The molecule has 2 aromatic rings. The van der Waals surface area contributed by atoms with Crippen LogP contribution in [-0.4, -0.2) is 62.1 Å². The van der Waals surface area contributed by atoms with Gasteiger partial charge in [0.1, 0.15) is 29.7 Å². The van der Waals surface area contributed by atoms with Crippen molar-refractivity contribution < 1.29 is 20.1 Å². The van der Waals surface area contributed by atoms with Crippen molar-refractivity contribution in [2.75, 3.05) is 25.1 Å². The zero-order valence-electron chi connectivity index (χ0n) is 14.7. The molecular formula is C17H20N4O4S3. The van der Waals surface area contributed by atoms with Crippen molar-refractivity contribution in [3.05, 3.63) is 29.2 Å². The fourth-order valence-corrected chi connectivity index (χ4v) is 5.85. The molecule has 8 nitrogen and oxygen atoms in total. The third kappa shape index (κ3) is 3.52. The summed E-state index contributed by atoms with van der Waals surface area (Å²) in [7, 11) is 0. The Morgan fingerprint density at radius 3 is 2.82 bits per heavy atom. The number of nitrogens with two attached hydrogens (primary N) is 1. The minimum absolute atomic E-state index is 0.222. The lowest BCUT2D eigenvalue weighted by Crippen LogP contribution is -2.33. The van der Waals surface area contributed by atoms with E-state index in [1.54, 1.807) is 4.57 Å². The summed E-state index contributed by atoms with van der Waals surface area (Å²) in [6.45, 7) is 0.611. The van der Waals surface area contributed by atoms with Gasteiger partial charge in [-0.3, -0.25) is 0 Å². The summed E-state index contributed by atoms with van der Waals surface area (Å²) in [5.41, 5.74) is 6.35. The number of aromatic nitrogens is 2. The third-order valence-electron chi connectivity index (χ3n) is 4.54. The number of hydrogen-bond donors (Lipinski definition) is 5. The highest BCUT2D eigenvalue weighted by Gasteiger charge is 2.43. The quantitative estimate of drug-likeness (QED) is 0.373. The van der Waals surface area contributed by atoms with Crippen molar-refractivity contribution in [2.45, 2.75) is 32.6 Å². The Hall–Kier alpha value is -1.34. The van der Waals surface area contributed by atoms with Crippen LogP contribution >= 0.6 is 35.7 Å². The molecule has 0 radical (unpaired) electrons. The molecule has 6 N–H and O–H groups in total. The molecule has 0 saturated carbocycles. The molecule has 0 spiro atoms. The predicted molar refractivity (Wildman–Crippen MR) is 111 cm³/mol. The van der Waals surface area contributed by atoms with Gasteiger partial charge in [-0.05, 0) is 24.4 Å². The first-order chi connectivity index (χ1) is 13.5. The maximum atomic E-state index is 10.4. The van der Waals surface area contributed by atoms with Gasteiger partial charge in [-0.1, -0.05) is 17.8 Å². The van der Waals surface area contributed by atoms with Gasteiger partial charge in [0.2, 0.25) is 4.77 Å². The minimum atomic E-state index is -1.04. The zero-order chi connectivity index (χ0) is 19.8. The fraction of sp³-hybridized carbons (Fsp3) is 0.412. The number of nitrogens with one attached hydrogen (secondary N) is 1. The number of hydrogen-bond acceptors (Lipinski definition) is 10. The smallest absolute Gasteiger partial charge is 0.202 e. The Balaban J connectivity index is 1.67. The molecule has 1 fully saturated rings. The summed E-state index contributed by atoms with van der Waals surface area (Å²) in [4.78, 5) is 6.30. The summed E-state index contributed by atoms with van der Waals surface area (Å²) in [5.74, 6) is 1.31. The summed E-state index contributed by atoms with van der Waals surface area (Å²) in [6, 6.07) is 5.75. The van der Waals surface area contributed by atoms with Crippen LogP contribution in [0.25, 0.3) is 0 Å². The van der Waals surface area contributed by atoms with Crippen LogP contribution in [0.3, 0.4) is 0 Å². The van der Waals surface area contributed by atoms with E-state index in [1.165, 1.54) is 23.5 Å². The predicted octanol–water partition coefficient (Wildman–Crippen LogP) is 1.49. The monoisotopic (exact) mass is 440 g/mol. The van der Waals surface area contributed by atoms with E-state index in [2.05, 4.69) is 10.3 Å². The standard InChI is InChI=1S/C17H20N4O4S3/c18-4-5-25-8-2-1-3-9-12(8)19-15-10(27-9)6-21(17(26)20-15)16-14(24)13(23)11(7-22)28-16/h1-3,6,11,13-14,16,22-24H,4-5,7,18H2,(H,19,20,26)/t11-,13?,14?,16-/m1/s1. The Morgan fingerprint density at radius 1 is 1.29 bits per heavy atom. The molecule has 2 aliphatic heterocycles. The first kappa shape index (κ1) is 20.0. The SMILES string of the molecule is NCCOc1cccc2c1Nc1nc(=S)n([C@@H]3S[C@H](CO)C(O)C3O)cc1S2. The van der Waals surface area contributed by atoms with Crippen LogP contribution in [0.2, 0.25) is 0 Å². The van der Waals surface area contributed by atoms with E-state index >= 15 is 0 Å². The summed E-state index contributed by atoms with van der Waals surface area (Å²) >= 11 is 8.23. The van der Waals surface area contributed by atoms with Crippen molar-refractivity contribution in [2.24, 2.45) is 5.73 Å². The molecule has 0 amide bonds. The van der Waals surface area contributed by atoms with E-state index in [0.717, 1.165) is 15.5 Å². The number of para-hydroxylation sites is 1. The van der Waals surface area contributed by atoms with Gasteiger partial charge < -0.3 is 35.7 Å². The molecule has 1 aromatic heterocycles. The van der Waals surface area contributed by atoms with Crippen molar-refractivity contribution in [1.82, 2.24) is 9.55 Å². The summed E-state index contributed by atoms with van der Waals surface area (Å²) < 4.78 is 7.66. The lowest BCUT2D eigenvalue weighted by molar-refractivity contribution is 0.0103. The second-order valence-electron chi connectivity index (χ2n) is 6.37. The van der Waals surface area contributed by atoms with E-state index in [4.69, 9.17) is 22.7 Å². The molecule has 11 heteroatoms. The Labute approximate surface area is 175 Å². The molecule has 0 bridgehead atoms. The second-order valence-corrected chi connectivity index (χ2v) is 9.18. The van der Waals surface area contributed by atoms with E-state index in [1.807, 2.05) is 24.4 Å². The van der Waals surface area contributed by atoms with Gasteiger partial charge in [0.25, 0.3) is 0 Å². The van der Waals surface area contributed by atoms with Crippen molar-refractivity contribution in [1.29, 1.82) is 0 Å². The second kappa shape index (κ2) is 8.19. The number of thioether (sulfide) groups is 1. The summed E-state index contributed by atoms with van der Waals surface area (Å²) in [5, 5.41) is 32.2. The van der Waals surface area contributed by atoms with E-state index < -0.39 is 22.8 Å². The highest BCUT2D eigenvalue weighted by atomic mass is 32.2. The van der Waals surface area contributed by atoms with Gasteiger partial charge in [-0.25, -0.2) is 4.98 Å². The number of aliphatic hydroxyl groups excluding tert-OH is 3. The average molecular weight is 441 g/mol. The molecule has 1 saturated heterocycles. The van der Waals surface area contributed by atoms with E-state index in [9.17, 15) is 15.3 Å². The lowest BCUT2D eigenvalue weighted by atomic mass is 10.1. The fourth-order valence-electron chi connectivity index (χ4n) is 3.15. The molecule has 0 aliphatic carbocycles. The van der Waals surface area contributed by atoms with Crippen LogP contribution in [0.4, 0.5) is 11.5 Å². The number of ether oxygens (including phenoxy) is 1. The van der Waals surface area contributed by atoms with Gasteiger partial charge in [0.15, 0.2) is 0 Å². The topological polar surface area (TPSA) is 126 Å². The van der Waals surface area contributed by atoms with Crippen LogP contribution in [0, 0.1) is 4.77 Å². The van der Waals surface area contributed by atoms with Crippen molar-refractivity contribution in [3.63, 3.8) is 0 Å². The first-order valence-corrected chi connectivity index (χ1v) is 10.9. The number of anilines is 2. The number of benzene rings is 1. The molecule has 4 rings (SSSR count). The summed E-state index contributed by atoms with van der Waals surface area (Å²) in [6.07, 6.45) is -0.239. The average Bonchev–Trinajstić information content (AvgIpc) is 2.98. The highest BCUT2D eigenvalue weighted by molar-refractivity contribution is 8.00. The molecule has 3 heterocycles.